The second kappa shape index (κ2) is 8.12. The lowest BCUT2D eigenvalue weighted by atomic mass is 9.92. The highest BCUT2D eigenvalue weighted by Gasteiger charge is 2.39. The van der Waals surface area contributed by atoms with E-state index in [1.165, 1.54) is 19.3 Å². The fourth-order valence-electron chi connectivity index (χ4n) is 4.12. The molecular formula is C18H29N5O2. The van der Waals surface area contributed by atoms with Crippen molar-refractivity contribution in [2.45, 2.75) is 76.5 Å². The van der Waals surface area contributed by atoms with Crippen LogP contribution in [0.25, 0.3) is 0 Å². The van der Waals surface area contributed by atoms with Crippen molar-refractivity contribution in [2.24, 2.45) is 0 Å². The molecule has 25 heavy (non-hydrogen) atoms. The van der Waals surface area contributed by atoms with Gasteiger partial charge in [0.15, 0.2) is 0 Å². The smallest absolute Gasteiger partial charge is 0.115 e. The Hall–Kier alpha value is -1.70. The third-order valence-electron chi connectivity index (χ3n) is 5.13. The second-order valence-electron chi connectivity index (χ2n) is 7.07. The fraction of sp³-hybridized carbons (Fsp3) is 0.667. The molecule has 3 rings (SSSR count). The van der Waals surface area contributed by atoms with Crippen LogP contribution < -0.4 is 0 Å². The number of imidazole rings is 2. The molecule has 2 heterocycles. The van der Waals surface area contributed by atoms with Crippen LogP contribution in [0.1, 0.15) is 58.3 Å². The van der Waals surface area contributed by atoms with Crippen LogP contribution in [0.2, 0.25) is 0 Å². The molecule has 7 nitrogen and oxygen atoms in total. The van der Waals surface area contributed by atoms with Crippen LogP contribution in [0.15, 0.2) is 37.4 Å². The van der Waals surface area contributed by atoms with Crippen molar-refractivity contribution in [2.75, 3.05) is 0 Å². The summed E-state index contributed by atoms with van der Waals surface area (Å²) in [4.78, 5) is 10.6. The van der Waals surface area contributed by atoms with Gasteiger partial charge in [0.2, 0.25) is 0 Å². The average molecular weight is 347 g/mol. The molecular weight excluding hydrogens is 318 g/mol. The molecule has 4 unspecified atom stereocenters. The molecule has 0 aromatic carbocycles. The summed E-state index contributed by atoms with van der Waals surface area (Å²) < 4.78 is 3.87. The molecule has 1 aliphatic rings. The summed E-state index contributed by atoms with van der Waals surface area (Å²) in [6, 6.07) is 0.290. The minimum atomic E-state index is -0.610. The van der Waals surface area contributed by atoms with Gasteiger partial charge >= 0.3 is 0 Å². The molecule has 0 amide bonds. The van der Waals surface area contributed by atoms with E-state index in [-0.39, 0.29) is 18.4 Å². The molecule has 138 valence electrons. The second-order valence-corrected chi connectivity index (χ2v) is 7.07. The van der Waals surface area contributed by atoms with Crippen LogP contribution in [0.3, 0.4) is 0 Å². The monoisotopic (exact) mass is 347 g/mol. The van der Waals surface area contributed by atoms with Crippen molar-refractivity contribution in [1.82, 2.24) is 24.0 Å². The Morgan fingerprint density at radius 3 is 1.72 bits per heavy atom. The number of aliphatic hydroxyl groups excluding tert-OH is 2. The van der Waals surface area contributed by atoms with Gasteiger partial charge in [-0.15, -0.1) is 0 Å². The SMILES string of the molecule is CC(O)C(N(C1CCCCC1)C(C(C)O)n1ccnc1)n1ccnc1. The first-order valence-corrected chi connectivity index (χ1v) is 9.18. The predicted octanol–water partition coefficient (Wildman–Crippen LogP) is 2.17. The van der Waals surface area contributed by atoms with Crippen molar-refractivity contribution >= 4 is 0 Å². The molecule has 2 aromatic heterocycles. The zero-order valence-electron chi connectivity index (χ0n) is 15.0. The van der Waals surface area contributed by atoms with E-state index >= 15 is 0 Å². The van der Waals surface area contributed by atoms with Gasteiger partial charge in [0.1, 0.15) is 12.3 Å². The van der Waals surface area contributed by atoms with Gasteiger partial charge in [-0.05, 0) is 26.7 Å². The van der Waals surface area contributed by atoms with E-state index in [9.17, 15) is 10.2 Å². The first-order chi connectivity index (χ1) is 12.1. The summed E-state index contributed by atoms with van der Waals surface area (Å²) in [6.45, 7) is 3.60. The molecule has 2 aromatic rings. The number of hydrogen-bond donors (Lipinski definition) is 2. The summed E-state index contributed by atoms with van der Waals surface area (Å²) in [5, 5.41) is 21.2. The summed E-state index contributed by atoms with van der Waals surface area (Å²) in [6.07, 6.45) is 14.6. The molecule has 2 N–H and O–H groups in total. The molecule has 0 radical (unpaired) electrons. The summed E-state index contributed by atoms with van der Waals surface area (Å²) >= 11 is 0. The van der Waals surface area contributed by atoms with Gasteiger partial charge in [0.25, 0.3) is 0 Å². The first-order valence-electron chi connectivity index (χ1n) is 9.18. The maximum atomic E-state index is 10.6. The van der Waals surface area contributed by atoms with Crippen LogP contribution in [0, 0.1) is 0 Å². The van der Waals surface area contributed by atoms with Crippen molar-refractivity contribution in [3.8, 4) is 0 Å². The van der Waals surface area contributed by atoms with Gasteiger partial charge in [0.05, 0.1) is 24.9 Å². The Kier molecular flexibility index (Phi) is 5.88. The summed E-state index contributed by atoms with van der Waals surface area (Å²) in [7, 11) is 0. The van der Waals surface area contributed by atoms with Crippen LogP contribution in [0.4, 0.5) is 0 Å². The molecule has 7 heteroatoms. The number of aromatic nitrogens is 4. The van der Waals surface area contributed by atoms with E-state index in [1.807, 2.05) is 21.5 Å². The maximum absolute atomic E-state index is 10.6. The maximum Gasteiger partial charge on any atom is 0.115 e. The lowest BCUT2D eigenvalue weighted by molar-refractivity contribution is -0.100. The Bertz CT molecular complexity index is 559. The Labute approximate surface area is 148 Å². The molecule has 0 bridgehead atoms. The normalized spacial score (nSPS) is 21.2. The summed E-state index contributed by atoms with van der Waals surface area (Å²) in [5.74, 6) is 0. The third kappa shape index (κ3) is 3.94. The number of rotatable bonds is 7. The molecule has 0 aliphatic heterocycles. The first kappa shape index (κ1) is 18.1. The van der Waals surface area contributed by atoms with Gasteiger partial charge in [-0.2, -0.15) is 0 Å². The molecule has 0 spiro atoms. The molecule has 0 saturated heterocycles. The Balaban J connectivity index is 2.04. The van der Waals surface area contributed by atoms with Crippen LogP contribution in [-0.4, -0.2) is 52.5 Å². The van der Waals surface area contributed by atoms with Gasteiger partial charge < -0.3 is 19.3 Å². The van der Waals surface area contributed by atoms with Crippen molar-refractivity contribution < 1.29 is 10.2 Å². The van der Waals surface area contributed by atoms with E-state index in [0.717, 1.165) is 12.8 Å². The average Bonchev–Trinajstić information content (AvgIpc) is 3.28. The number of nitrogens with zero attached hydrogens (tertiary/aromatic N) is 5. The quantitative estimate of drug-likeness (QED) is 0.802. The van der Waals surface area contributed by atoms with Gasteiger partial charge in [-0.3, -0.25) is 4.90 Å². The minimum Gasteiger partial charge on any atom is -0.390 e. The molecule has 4 atom stereocenters. The van der Waals surface area contributed by atoms with Gasteiger partial charge in [-0.1, -0.05) is 19.3 Å². The molecule has 1 aliphatic carbocycles. The largest absolute Gasteiger partial charge is 0.390 e. The fourth-order valence-corrected chi connectivity index (χ4v) is 4.12. The highest BCUT2D eigenvalue weighted by Crippen LogP contribution is 2.36. The molecule has 1 saturated carbocycles. The minimum absolute atomic E-state index is 0.290. The lowest BCUT2D eigenvalue weighted by Gasteiger charge is -2.47. The topological polar surface area (TPSA) is 79.3 Å². The van der Waals surface area contributed by atoms with E-state index < -0.39 is 12.2 Å². The summed E-state index contributed by atoms with van der Waals surface area (Å²) in [5.41, 5.74) is 0. The van der Waals surface area contributed by atoms with E-state index in [1.54, 1.807) is 38.9 Å². The Morgan fingerprint density at radius 1 is 0.880 bits per heavy atom. The van der Waals surface area contributed by atoms with E-state index in [0.29, 0.717) is 0 Å². The zero-order valence-corrected chi connectivity index (χ0v) is 15.0. The zero-order chi connectivity index (χ0) is 17.8. The third-order valence-corrected chi connectivity index (χ3v) is 5.13. The van der Waals surface area contributed by atoms with Crippen LogP contribution in [-0.2, 0) is 0 Å². The lowest BCUT2D eigenvalue weighted by Crippen LogP contribution is -2.52. The van der Waals surface area contributed by atoms with E-state index in [4.69, 9.17) is 0 Å². The Morgan fingerprint density at radius 2 is 1.36 bits per heavy atom. The predicted molar refractivity (Wildman–Crippen MR) is 94.6 cm³/mol. The van der Waals surface area contributed by atoms with Crippen molar-refractivity contribution in [3.05, 3.63) is 37.4 Å². The highest BCUT2D eigenvalue weighted by atomic mass is 16.3. The van der Waals surface area contributed by atoms with E-state index in [2.05, 4.69) is 14.9 Å². The number of hydrogen-bond acceptors (Lipinski definition) is 5. The highest BCUT2D eigenvalue weighted by molar-refractivity contribution is 4.93. The van der Waals surface area contributed by atoms with Gasteiger partial charge in [-0.25, -0.2) is 9.97 Å². The van der Waals surface area contributed by atoms with Crippen molar-refractivity contribution in [1.29, 1.82) is 0 Å². The standard InChI is InChI=1S/C18H29N5O2/c1-14(24)17(21-10-8-19-12-21)23(16-6-4-3-5-7-16)18(15(2)25)22-11-9-20-13-22/h8-18,24-25H,3-7H2,1-2H3. The van der Waals surface area contributed by atoms with Crippen molar-refractivity contribution in [3.63, 3.8) is 0 Å². The van der Waals surface area contributed by atoms with Crippen LogP contribution >= 0.6 is 0 Å². The molecule has 1 fully saturated rings. The number of aliphatic hydroxyl groups is 2. The van der Waals surface area contributed by atoms with Crippen LogP contribution in [0.5, 0.6) is 0 Å². The van der Waals surface area contributed by atoms with Gasteiger partial charge in [0, 0.05) is 30.8 Å².